The number of nitrogens with two attached hydrogens (primary N) is 1. The summed E-state index contributed by atoms with van der Waals surface area (Å²) < 4.78 is 5.50. The van der Waals surface area contributed by atoms with Gasteiger partial charge in [-0.1, -0.05) is 54.1 Å². The number of esters is 1. The van der Waals surface area contributed by atoms with E-state index in [9.17, 15) is 14.4 Å². The molecule has 5 rings (SSSR count). The summed E-state index contributed by atoms with van der Waals surface area (Å²) in [5.41, 5.74) is 5.54. The quantitative estimate of drug-likeness (QED) is 0.298. The van der Waals surface area contributed by atoms with Crippen molar-refractivity contribution in [1.29, 1.82) is 0 Å². The van der Waals surface area contributed by atoms with Crippen molar-refractivity contribution in [3.63, 3.8) is 0 Å². The molecule has 36 heavy (non-hydrogen) atoms. The molecule has 1 aliphatic rings. The number of aromatic amines is 1. The Hall–Kier alpha value is -4.24. The zero-order valence-corrected chi connectivity index (χ0v) is 20.0. The summed E-state index contributed by atoms with van der Waals surface area (Å²) in [5.74, 6) is -1.48. The molecule has 2 aromatic heterocycles. The molecule has 2 amide bonds. The molecule has 10 heteroatoms. The van der Waals surface area contributed by atoms with Gasteiger partial charge in [0, 0.05) is 42.8 Å². The number of nitrogens with zero attached hydrogens (tertiary/aromatic N) is 3. The van der Waals surface area contributed by atoms with Crippen LogP contribution in [0.2, 0.25) is 5.15 Å². The van der Waals surface area contributed by atoms with E-state index in [1.165, 1.54) is 24.0 Å². The molecule has 0 radical (unpaired) electrons. The molecule has 2 heterocycles. The zero-order valence-electron chi connectivity index (χ0n) is 19.3. The average molecular weight is 504 g/mol. The van der Waals surface area contributed by atoms with E-state index < -0.39 is 17.5 Å². The maximum atomic E-state index is 12.7. The van der Waals surface area contributed by atoms with Gasteiger partial charge in [0.15, 0.2) is 11.4 Å². The summed E-state index contributed by atoms with van der Waals surface area (Å²) in [6.07, 6.45) is 0.342. The number of fused-ring (bicyclic) bond motifs is 1. The number of primary amides is 1. The largest absolute Gasteiger partial charge is 0.444 e. The van der Waals surface area contributed by atoms with Crippen LogP contribution in [0.5, 0.6) is 0 Å². The van der Waals surface area contributed by atoms with Crippen LogP contribution in [0.4, 0.5) is 11.5 Å². The molecule has 1 fully saturated rings. The molecular formula is C26H22ClN5O4. The van der Waals surface area contributed by atoms with Gasteiger partial charge in [0.2, 0.25) is 5.91 Å². The maximum absolute atomic E-state index is 12.7. The number of rotatable bonds is 6. The Bertz CT molecular complexity index is 1490. The highest BCUT2D eigenvalue weighted by atomic mass is 35.5. The van der Waals surface area contributed by atoms with Gasteiger partial charge in [-0.3, -0.25) is 19.6 Å². The highest BCUT2D eigenvalue weighted by Crippen LogP contribution is 2.47. The van der Waals surface area contributed by atoms with E-state index >= 15 is 0 Å². The molecule has 0 unspecified atom stereocenters. The normalized spacial score (nSPS) is 18.9. The molecular weight excluding hydrogens is 482 g/mol. The average Bonchev–Trinajstić information content (AvgIpc) is 3.30. The molecule has 3 N–H and O–H groups in total. The van der Waals surface area contributed by atoms with Crippen LogP contribution in [0.15, 0.2) is 66.7 Å². The number of hydrogen-bond acceptors (Lipinski definition) is 6. The van der Waals surface area contributed by atoms with Crippen molar-refractivity contribution >= 4 is 51.7 Å². The van der Waals surface area contributed by atoms with Crippen molar-refractivity contribution in [1.82, 2.24) is 15.2 Å². The van der Waals surface area contributed by atoms with Crippen LogP contribution in [0.1, 0.15) is 41.9 Å². The number of carbonyl (C=O) groups is 3. The standard InChI is InChI=1S/C26H22ClN5O4/c1-15(33)32(21-10-4-7-16-6-2-3-8-18(16)21)23-12-20(30-31-23)17-13-26(14-17,25(28)35)36-24(34)19-9-5-11-22(27)29-19/h2-12,17H,13-14H2,1H3,(H2,28,35)(H,30,31). The van der Waals surface area contributed by atoms with E-state index in [2.05, 4.69) is 15.2 Å². The number of pyridine rings is 1. The molecule has 1 aliphatic carbocycles. The number of aromatic nitrogens is 3. The predicted octanol–water partition coefficient (Wildman–Crippen LogP) is 4.25. The van der Waals surface area contributed by atoms with Crippen molar-refractivity contribution in [3.05, 3.63) is 83.3 Å². The van der Waals surface area contributed by atoms with Gasteiger partial charge in [0.25, 0.3) is 5.91 Å². The second-order valence-corrected chi connectivity index (χ2v) is 9.12. The van der Waals surface area contributed by atoms with Crippen molar-refractivity contribution in [2.45, 2.75) is 31.3 Å². The summed E-state index contributed by atoms with van der Waals surface area (Å²) in [5, 5.41) is 9.38. The number of H-pyrrole nitrogens is 1. The molecule has 0 bridgehead atoms. The lowest BCUT2D eigenvalue weighted by Crippen LogP contribution is -2.56. The minimum atomic E-state index is -1.47. The minimum absolute atomic E-state index is 0.0115. The third-order valence-electron chi connectivity index (χ3n) is 6.39. The fourth-order valence-corrected chi connectivity index (χ4v) is 4.71. The van der Waals surface area contributed by atoms with Gasteiger partial charge >= 0.3 is 5.97 Å². The van der Waals surface area contributed by atoms with Crippen LogP contribution in [0.3, 0.4) is 0 Å². The first-order valence-electron chi connectivity index (χ1n) is 11.3. The van der Waals surface area contributed by atoms with E-state index in [0.29, 0.717) is 17.2 Å². The first kappa shape index (κ1) is 23.5. The fourth-order valence-electron chi connectivity index (χ4n) is 4.55. The highest BCUT2D eigenvalue weighted by molar-refractivity contribution is 6.29. The number of nitrogens with one attached hydrogen (secondary N) is 1. The number of carbonyl (C=O) groups excluding carboxylic acids is 3. The number of halogens is 1. The van der Waals surface area contributed by atoms with Crippen LogP contribution in [-0.2, 0) is 14.3 Å². The monoisotopic (exact) mass is 503 g/mol. The SMILES string of the molecule is CC(=O)N(c1cc(C2CC(OC(=O)c3cccc(Cl)n3)(C(N)=O)C2)[nH]n1)c1cccc2ccccc12. The second kappa shape index (κ2) is 9.09. The van der Waals surface area contributed by atoms with Crippen LogP contribution >= 0.6 is 11.6 Å². The van der Waals surface area contributed by atoms with E-state index in [4.69, 9.17) is 22.1 Å². The molecule has 4 aromatic rings. The smallest absolute Gasteiger partial charge is 0.358 e. The number of amides is 2. The molecule has 0 aliphatic heterocycles. The third kappa shape index (κ3) is 4.18. The van der Waals surface area contributed by atoms with Crippen molar-refractivity contribution in [3.8, 4) is 0 Å². The summed E-state index contributed by atoms with van der Waals surface area (Å²) in [6, 6.07) is 19.8. The lowest BCUT2D eigenvalue weighted by molar-refractivity contribution is -0.149. The van der Waals surface area contributed by atoms with Gasteiger partial charge in [-0.15, -0.1) is 0 Å². The first-order chi connectivity index (χ1) is 17.3. The van der Waals surface area contributed by atoms with Crippen LogP contribution < -0.4 is 10.6 Å². The number of anilines is 2. The predicted molar refractivity (Wildman–Crippen MR) is 134 cm³/mol. The molecule has 2 aromatic carbocycles. The molecule has 0 atom stereocenters. The van der Waals surface area contributed by atoms with Gasteiger partial charge in [-0.05, 0) is 23.6 Å². The van der Waals surface area contributed by atoms with Crippen LogP contribution in [0, 0.1) is 0 Å². The second-order valence-electron chi connectivity index (χ2n) is 8.73. The van der Waals surface area contributed by atoms with Crippen molar-refractivity contribution in [2.24, 2.45) is 5.73 Å². The van der Waals surface area contributed by atoms with Crippen molar-refractivity contribution in [2.75, 3.05) is 4.90 Å². The van der Waals surface area contributed by atoms with Crippen molar-refractivity contribution < 1.29 is 19.1 Å². The van der Waals surface area contributed by atoms with E-state index in [-0.39, 0.29) is 35.5 Å². The number of hydrogen-bond donors (Lipinski definition) is 2. The Labute approximate surface area is 211 Å². The summed E-state index contributed by atoms with van der Waals surface area (Å²) in [7, 11) is 0. The molecule has 9 nitrogen and oxygen atoms in total. The molecule has 1 saturated carbocycles. The van der Waals surface area contributed by atoms with Gasteiger partial charge < -0.3 is 10.5 Å². The summed E-state index contributed by atoms with van der Waals surface area (Å²) >= 11 is 5.85. The summed E-state index contributed by atoms with van der Waals surface area (Å²) in [4.78, 5) is 42.9. The van der Waals surface area contributed by atoms with Gasteiger partial charge in [0.1, 0.15) is 10.8 Å². The number of ether oxygens (including phenoxy) is 1. The topological polar surface area (TPSA) is 131 Å². The molecule has 182 valence electrons. The Morgan fingerprint density at radius 2 is 1.81 bits per heavy atom. The summed E-state index contributed by atoms with van der Waals surface area (Å²) in [6.45, 7) is 1.47. The lowest BCUT2D eigenvalue weighted by atomic mass is 9.68. The first-order valence-corrected chi connectivity index (χ1v) is 11.6. The zero-order chi connectivity index (χ0) is 25.4. The van der Waals surface area contributed by atoms with E-state index in [1.54, 1.807) is 12.1 Å². The molecule has 0 spiro atoms. The minimum Gasteiger partial charge on any atom is -0.444 e. The Balaban J connectivity index is 1.37. The Morgan fingerprint density at radius 3 is 2.53 bits per heavy atom. The van der Waals surface area contributed by atoms with Gasteiger partial charge in [-0.2, -0.15) is 5.10 Å². The highest BCUT2D eigenvalue weighted by Gasteiger charge is 2.54. The Kier molecular flexibility index (Phi) is 5.93. The molecule has 0 saturated heterocycles. The lowest BCUT2D eigenvalue weighted by Gasteiger charge is -2.43. The maximum Gasteiger partial charge on any atom is 0.358 e. The van der Waals surface area contributed by atoms with E-state index in [0.717, 1.165) is 10.8 Å². The van der Waals surface area contributed by atoms with Gasteiger partial charge in [0.05, 0.1) is 5.69 Å². The van der Waals surface area contributed by atoms with Crippen LogP contribution in [0.25, 0.3) is 10.8 Å². The fraction of sp³-hybridized carbons (Fsp3) is 0.192. The van der Waals surface area contributed by atoms with E-state index in [1.807, 2.05) is 42.5 Å². The van der Waals surface area contributed by atoms with Crippen LogP contribution in [-0.4, -0.2) is 38.6 Å². The van der Waals surface area contributed by atoms with Gasteiger partial charge in [-0.25, -0.2) is 9.78 Å². The number of benzene rings is 2. The Morgan fingerprint density at radius 1 is 1.08 bits per heavy atom. The third-order valence-corrected chi connectivity index (χ3v) is 6.60.